The van der Waals surface area contributed by atoms with Gasteiger partial charge in [0.15, 0.2) is 11.5 Å². The SMILES string of the molecule is COc1cc(/C=C/C(=O)Nc2ccccc2C(C)C)ccc1OCc1ccccc1C. The molecule has 0 aliphatic rings. The van der Waals surface area contributed by atoms with Gasteiger partial charge >= 0.3 is 0 Å². The number of carbonyl (C=O) groups excluding carboxylic acids is 1. The molecule has 3 aromatic carbocycles. The van der Waals surface area contributed by atoms with Gasteiger partial charge in [-0.1, -0.05) is 62.4 Å². The zero-order valence-electron chi connectivity index (χ0n) is 18.5. The molecule has 4 nitrogen and oxygen atoms in total. The highest BCUT2D eigenvalue weighted by atomic mass is 16.5. The van der Waals surface area contributed by atoms with Crippen LogP contribution >= 0.6 is 0 Å². The molecule has 0 saturated heterocycles. The first-order chi connectivity index (χ1) is 15.0. The van der Waals surface area contributed by atoms with Crippen molar-refractivity contribution in [3.63, 3.8) is 0 Å². The standard InChI is InChI=1S/C27H29NO3/c1-19(2)23-11-7-8-12-24(23)28-27(29)16-14-21-13-15-25(26(17-21)30-4)31-18-22-10-6-5-9-20(22)3/h5-17,19H,18H2,1-4H3,(H,28,29)/b16-14+. The minimum Gasteiger partial charge on any atom is -0.493 e. The number of amides is 1. The van der Waals surface area contributed by atoms with Crippen LogP contribution in [-0.2, 0) is 11.4 Å². The van der Waals surface area contributed by atoms with Crippen molar-refractivity contribution >= 4 is 17.7 Å². The monoisotopic (exact) mass is 415 g/mol. The quantitative estimate of drug-likeness (QED) is 0.436. The van der Waals surface area contributed by atoms with E-state index in [4.69, 9.17) is 9.47 Å². The van der Waals surface area contributed by atoms with Gasteiger partial charge in [0.1, 0.15) is 6.61 Å². The molecule has 0 aliphatic heterocycles. The number of nitrogens with one attached hydrogen (secondary N) is 1. The van der Waals surface area contributed by atoms with E-state index in [-0.39, 0.29) is 5.91 Å². The average molecular weight is 416 g/mol. The van der Waals surface area contributed by atoms with Crippen LogP contribution in [0.2, 0.25) is 0 Å². The summed E-state index contributed by atoms with van der Waals surface area (Å²) in [6, 6.07) is 21.6. The second-order valence-corrected chi connectivity index (χ2v) is 7.69. The maximum Gasteiger partial charge on any atom is 0.248 e. The summed E-state index contributed by atoms with van der Waals surface area (Å²) in [6.45, 7) is 6.75. The zero-order chi connectivity index (χ0) is 22.2. The van der Waals surface area contributed by atoms with Crippen LogP contribution in [0.1, 0.15) is 42.0 Å². The summed E-state index contributed by atoms with van der Waals surface area (Å²) < 4.78 is 11.5. The molecule has 1 amide bonds. The molecule has 0 saturated carbocycles. The maximum absolute atomic E-state index is 12.4. The Morgan fingerprint density at radius 2 is 1.74 bits per heavy atom. The number of hydrogen-bond donors (Lipinski definition) is 1. The fourth-order valence-electron chi connectivity index (χ4n) is 3.30. The van der Waals surface area contributed by atoms with Gasteiger partial charge in [-0.2, -0.15) is 0 Å². The molecule has 0 bridgehead atoms. The summed E-state index contributed by atoms with van der Waals surface area (Å²) in [5.74, 6) is 1.45. The van der Waals surface area contributed by atoms with Crippen molar-refractivity contribution in [2.45, 2.75) is 33.3 Å². The summed E-state index contributed by atoms with van der Waals surface area (Å²) >= 11 is 0. The number of aryl methyl sites for hydroxylation is 1. The molecule has 1 N–H and O–H groups in total. The van der Waals surface area contributed by atoms with Gasteiger partial charge in [0, 0.05) is 11.8 Å². The number of ether oxygens (including phenoxy) is 2. The fourth-order valence-corrected chi connectivity index (χ4v) is 3.30. The third-order valence-electron chi connectivity index (χ3n) is 5.10. The van der Waals surface area contributed by atoms with Crippen molar-refractivity contribution in [3.05, 3.63) is 95.1 Å². The summed E-state index contributed by atoms with van der Waals surface area (Å²) in [6.07, 6.45) is 3.29. The van der Waals surface area contributed by atoms with Gasteiger partial charge in [0.05, 0.1) is 7.11 Å². The fraction of sp³-hybridized carbons (Fsp3) is 0.222. The molecule has 31 heavy (non-hydrogen) atoms. The second kappa shape index (κ2) is 10.5. The molecule has 0 fully saturated rings. The van der Waals surface area contributed by atoms with Gasteiger partial charge in [-0.05, 0) is 59.4 Å². The van der Waals surface area contributed by atoms with E-state index in [9.17, 15) is 4.79 Å². The molecular weight excluding hydrogens is 386 g/mol. The Hall–Kier alpha value is -3.53. The lowest BCUT2D eigenvalue weighted by Gasteiger charge is -2.13. The number of carbonyl (C=O) groups is 1. The highest BCUT2D eigenvalue weighted by molar-refractivity contribution is 6.02. The topological polar surface area (TPSA) is 47.6 Å². The van der Waals surface area contributed by atoms with Crippen LogP contribution < -0.4 is 14.8 Å². The molecule has 4 heteroatoms. The number of anilines is 1. The molecule has 0 unspecified atom stereocenters. The Kier molecular flexibility index (Phi) is 7.50. The maximum atomic E-state index is 12.4. The number of para-hydroxylation sites is 1. The van der Waals surface area contributed by atoms with Crippen molar-refractivity contribution in [1.29, 1.82) is 0 Å². The van der Waals surface area contributed by atoms with E-state index in [1.807, 2.05) is 54.6 Å². The summed E-state index contributed by atoms with van der Waals surface area (Å²) in [4.78, 5) is 12.4. The number of hydrogen-bond acceptors (Lipinski definition) is 3. The third kappa shape index (κ3) is 5.98. The lowest BCUT2D eigenvalue weighted by atomic mass is 10.0. The Labute approximate surface area is 184 Å². The molecular formula is C27H29NO3. The van der Waals surface area contributed by atoms with Gasteiger partial charge in [0.2, 0.25) is 5.91 Å². The van der Waals surface area contributed by atoms with E-state index in [0.29, 0.717) is 24.0 Å². The van der Waals surface area contributed by atoms with Crippen molar-refractivity contribution in [3.8, 4) is 11.5 Å². The van der Waals surface area contributed by atoms with Gasteiger partial charge in [-0.3, -0.25) is 4.79 Å². The van der Waals surface area contributed by atoms with Crippen molar-refractivity contribution < 1.29 is 14.3 Å². The number of methoxy groups -OCH3 is 1. The predicted octanol–water partition coefficient (Wildman–Crippen LogP) is 6.36. The Morgan fingerprint density at radius 3 is 2.48 bits per heavy atom. The van der Waals surface area contributed by atoms with Crippen LogP contribution in [-0.4, -0.2) is 13.0 Å². The van der Waals surface area contributed by atoms with E-state index in [1.165, 1.54) is 11.6 Å². The number of rotatable bonds is 8. The normalized spacial score (nSPS) is 11.0. The second-order valence-electron chi connectivity index (χ2n) is 7.69. The Bertz CT molecular complexity index is 1070. The minimum atomic E-state index is -0.174. The van der Waals surface area contributed by atoms with E-state index in [2.05, 4.69) is 38.2 Å². The van der Waals surface area contributed by atoms with Crippen LogP contribution in [0.25, 0.3) is 6.08 Å². The molecule has 0 atom stereocenters. The Balaban J connectivity index is 1.67. The van der Waals surface area contributed by atoms with E-state index in [0.717, 1.165) is 22.4 Å². The smallest absolute Gasteiger partial charge is 0.248 e. The van der Waals surface area contributed by atoms with Crippen LogP contribution in [0, 0.1) is 6.92 Å². The number of benzene rings is 3. The van der Waals surface area contributed by atoms with E-state index >= 15 is 0 Å². The molecule has 160 valence electrons. The van der Waals surface area contributed by atoms with Gasteiger partial charge in [-0.25, -0.2) is 0 Å². The first kappa shape index (κ1) is 22.2. The van der Waals surface area contributed by atoms with Crippen molar-refractivity contribution in [2.24, 2.45) is 0 Å². The van der Waals surface area contributed by atoms with Gasteiger partial charge in [-0.15, -0.1) is 0 Å². The molecule has 0 radical (unpaired) electrons. The molecule has 0 aliphatic carbocycles. The van der Waals surface area contributed by atoms with E-state index < -0.39 is 0 Å². The van der Waals surface area contributed by atoms with E-state index in [1.54, 1.807) is 13.2 Å². The van der Waals surface area contributed by atoms with Crippen molar-refractivity contribution in [2.75, 3.05) is 12.4 Å². The van der Waals surface area contributed by atoms with Crippen LogP contribution in [0.5, 0.6) is 11.5 Å². The highest BCUT2D eigenvalue weighted by Gasteiger charge is 2.09. The van der Waals surface area contributed by atoms with Crippen molar-refractivity contribution in [1.82, 2.24) is 0 Å². The largest absolute Gasteiger partial charge is 0.493 e. The average Bonchev–Trinajstić information content (AvgIpc) is 2.77. The van der Waals surface area contributed by atoms with Gasteiger partial charge in [0.25, 0.3) is 0 Å². The minimum absolute atomic E-state index is 0.174. The van der Waals surface area contributed by atoms with Crippen LogP contribution in [0.3, 0.4) is 0 Å². The first-order valence-electron chi connectivity index (χ1n) is 10.4. The lowest BCUT2D eigenvalue weighted by molar-refractivity contribution is -0.111. The van der Waals surface area contributed by atoms with Crippen LogP contribution in [0.4, 0.5) is 5.69 Å². The molecule has 0 heterocycles. The third-order valence-corrected chi connectivity index (χ3v) is 5.10. The Morgan fingerprint density at radius 1 is 1.00 bits per heavy atom. The predicted molar refractivity (Wildman–Crippen MR) is 127 cm³/mol. The molecule has 3 aromatic rings. The first-order valence-corrected chi connectivity index (χ1v) is 10.4. The molecule has 3 rings (SSSR count). The van der Waals surface area contributed by atoms with Gasteiger partial charge < -0.3 is 14.8 Å². The van der Waals surface area contributed by atoms with Crippen LogP contribution in [0.15, 0.2) is 72.8 Å². The zero-order valence-corrected chi connectivity index (χ0v) is 18.5. The summed E-state index contributed by atoms with van der Waals surface area (Å²) in [5.41, 5.74) is 5.12. The summed E-state index contributed by atoms with van der Waals surface area (Å²) in [5, 5.41) is 2.96. The summed E-state index contributed by atoms with van der Waals surface area (Å²) in [7, 11) is 1.61. The lowest BCUT2D eigenvalue weighted by Crippen LogP contribution is -2.10. The molecule has 0 aromatic heterocycles. The molecule has 0 spiro atoms. The highest BCUT2D eigenvalue weighted by Crippen LogP contribution is 2.30.